The number of para-hydroxylation sites is 1. The largest absolute Gasteiger partial charge is 0.447 e. The molecule has 110 valence electrons. The van der Waals surface area contributed by atoms with Crippen LogP contribution in [0.15, 0.2) is 36.4 Å². The van der Waals surface area contributed by atoms with Gasteiger partial charge in [0.2, 0.25) is 5.75 Å². The molecule has 5 nitrogen and oxygen atoms in total. The second kappa shape index (κ2) is 5.88. The highest BCUT2D eigenvalue weighted by molar-refractivity contribution is 5.53. The zero-order valence-corrected chi connectivity index (χ0v) is 11.5. The quantitative estimate of drug-likeness (QED) is 0.685. The summed E-state index contributed by atoms with van der Waals surface area (Å²) < 4.78 is 19.2. The van der Waals surface area contributed by atoms with E-state index in [4.69, 9.17) is 4.74 Å². The third-order valence-electron chi connectivity index (χ3n) is 3.04. The molecule has 1 N–H and O–H groups in total. The maximum atomic E-state index is 13.9. The van der Waals surface area contributed by atoms with E-state index in [1.54, 1.807) is 19.1 Å². The van der Waals surface area contributed by atoms with Gasteiger partial charge in [-0.15, -0.1) is 0 Å². The van der Waals surface area contributed by atoms with E-state index in [2.05, 4.69) is 0 Å². The molecule has 0 aliphatic heterocycles. The third-order valence-corrected chi connectivity index (χ3v) is 3.04. The summed E-state index contributed by atoms with van der Waals surface area (Å²) in [5.74, 6) is -0.846. The van der Waals surface area contributed by atoms with Gasteiger partial charge in [0.25, 0.3) is 0 Å². The standard InChI is InChI=1S/C15H14FNO4/c1-9-4-3-5-14(15(9)17(19)20)21-13-7-6-11(10(2)18)8-12(13)16/h3-8,10,18H,1-2H3/t10-/m1/s1. The number of ether oxygens (including phenoxy) is 1. The molecule has 2 aromatic carbocycles. The molecule has 0 aliphatic rings. The average Bonchev–Trinajstić information content (AvgIpc) is 2.40. The molecule has 0 spiro atoms. The van der Waals surface area contributed by atoms with E-state index in [0.29, 0.717) is 11.1 Å². The molecule has 2 aromatic rings. The summed E-state index contributed by atoms with van der Waals surface area (Å²) in [6, 6.07) is 8.57. The normalized spacial score (nSPS) is 12.0. The van der Waals surface area contributed by atoms with Crippen LogP contribution in [0, 0.1) is 22.9 Å². The molecule has 0 amide bonds. The lowest BCUT2D eigenvalue weighted by atomic mass is 10.1. The molecule has 6 heteroatoms. The van der Waals surface area contributed by atoms with Crippen LogP contribution in [0.25, 0.3) is 0 Å². The molecule has 21 heavy (non-hydrogen) atoms. The summed E-state index contributed by atoms with van der Waals surface area (Å²) in [5.41, 5.74) is 0.633. The van der Waals surface area contributed by atoms with Crippen LogP contribution in [0.3, 0.4) is 0 Å². The number of hydrogen-bond acceptors (Lipinski definition) is 4. The number of halogens is 1. The molecule has 1 atom stereocenters. The van der Waals surface area contributed by atoms with Gasteiger partial charge < -0.3 is 9.84 Å². The second-order valence-corrected chi connectivity index (χ2v) is 4.65. The Morgan fingerprint density at radius 1 is 1.29 bits per heavy atom. The van der Waals surface area contributed by atoms with Crippen LogP contribution < -0.4 is 4.74 Å². The van der Waals surface area contributed by atoms with Crippen LogP contribution >= 0.6 is 0 Å². The number of nitro groups is 1. The fraction of sp³-hybridized carbons (Fsp3) is 0.200. The average molecular weight is 291 g/mol. The van der Waals surface area contributed by atoms with Crippen LogP contribution in [0.1, 0.15) is 24.2 Å². The van der Waals surface area contributed by atoms with Crippen LogP contribution in [0.4, 0.5) is 10.1 Å². The Hall–Kier alpha value is -2.47. The minimum absolute atomic E-state index is 0.0244. The summed E-state index contributed by atoms with van der Waals surface area (Å²) in [6.07, 6.45) is -0.804. The Morgan fingerprint density at radius 2 is 2.00 bits per heavy atom. The first-order valence-corrected chi connectivity index (χ1v) is 6.29. The van der Waals surface area contributed by atoms with Gasteiger partial charge in [-0.2, -0.15) is 0 Å². The zero-order valence-electron chi connectivity index (χ0n) is 11.5. The number of aryl methyl sites for hydroxylation is 1. The highest BCUT2D eigenvalue weighted by Crippen LogP contribution is 2.35. The fourth-order valence-electron chi connectivity index (χ4n) is 1.93. The number of rotatable bonds is 4. The molecular formula is C15H14FNO4. The van der Waals surface area contributed by atoms with Crippen molar-refractivity contribution < 1.29 is 19.2 Å². The number of hydrogen-bond donors (Lipinski definition) is 1. The highest BCUT2D eigenvalue weighted by atomic mass is 19.1. The molecule has 0 saturated carbocycles. The fourth-order valence-corrected chi connectivity index (χ4v) is 1.93. The number of nitro benzene ring substituents is 1. The van der Waals surface area contributed by atoms with Crippen LogP contribution in [-0.2, 0) is 0 Å². The van der Waals surface area contributed by atoms with Crippen molar-refractivity contribution in [1.29, 1.82) is 0 Å². The summed E-state index contributed by atoms with van der Waals surface area (Å²) in [6.45, 7) is 3.10. The van der Waals surface area contributed by atoms with Crippen LogP contribution in [0.5, 0.6) is 11.5 Å². The molecular weight excluding hydrogens is 277 g/mol. The minimum Gasteiger partial charge on any atom is -0.447 e. The van der Waals surface area contributed by atoms with Crippen molar-refractivity contribution in [2.45, 2.75) is 20.0 Å². The van der Waals surface area contributed by atoms with Crippen LogP contribution in [0.2, 0.25) is 0 Å². The summed E-state index contributed by atoms with van der Waals surface area (Å²) in [4.78, 5) is 10.5. The van der Waals surface area contributed by atoms with Crippen LogP contribution in [-0.4, -0.2) is 10.0 Å². The zero-order chi connectivity index (χ0) is 15.6. The first kappa shape index (κ1) is 14.9. The maximum Gasteiger partial charge on any atom is 0.314 e. The SMILES string of the molecule is Cc1cccc(Oc2ccc([C@@H](C)O)cc2F)c1[N+](=O)[O-]. The van der Waals surface area contributed by atoms with E-state index >= 15 is 0 Å². The van der Waals surface area contributed by atoms with E-state index in [-0.39, 0.29) is 17.2 Å². The predicted molar refractivity (Wildman–Crippen MR) is 74.9 cm³/mol. The van der Waals surface area contributed by atoms with E-state index in [0.717, 1.165) is 6.07 Å². The Labute approximate surface area is 120 Å². The van der Waals surface area contributed by atoms with E-state index in [1.165, 1.54) is 25.1 Å². The maximum absolute atomic E-state index is 13.9. The first-order valence-electron chi connectivity index (χ1n) is 6.29. The molecule has 0 aliphatic carbocycles. The number of nitrogens with zero attached hydrogens (tertiary/aromatic N) is 1. The third kappa shape index (κ3) is 3.17. The molecule has 0 heterocycles. The number of aliphatic hydroxyl groups excluding tert-OH is 1. The van der Waals surface area contributed by atoms with E-state index in [1.807, 2.05) is 0 Å². The molecule has 0 radical (unpaired) electrons. The smallest absolute Gasteiger partial charge is 0.314 e. The molecule has 0 aromatic heterocycles. The molecule has 2 rings (SSSR count). The summed E-state index contributed by atoms with van der Waals surface area (Å²) >= 11 is 0. The topological polar surface area (TPSA) is 72.6 Å². The van der Waals surface area contributed by atoms with Gasteiger partial charge >= 0.3 is 5.69 Å². The van der Waals surface area contributed by atoms with Gasteiger partial charge in [-0.3, -0.25) is 10.1 Å². The van der Waals surface area contributed by atoms with Crippen molar-refractivity contribution in [2.24, 2.45) is 0 Å². The minimum atomic E-state index is -0.804. The summed E-state index contributed by atoms with van der Waals surface area (Å²) in [7, 11) is 0. The van der Waals surface area contributed by atoms with Gasteiger partial charge in [0.15, 0.2) is 11.6 Å². The highest BCUT2D eigenvalue weighted by Gasteiger charge is 2.20. The van der Waals surface area contributed by atoms with Gasteiger partial charge in [-0.05, 0) is 37.6 Å². The lowest BCUT2D eigenvalue weighted by molar-refractivity contribution is -0.386. The van der Waals surface area contributed by atoms with E-state index in [9.17, 15) is 19.6 Å². The number of aliphatic hydroxyl groups is 1. The lowest BCUT2D eigenvalue weighted by Gasteiger charge is -2.10. The second-order valence-electron chi connectivity index (χ2n) is 4.65. The molecule has 0 unspecified atom stereocenters. The van der Waals surface area contributed by atoms with Gasteiger partial charge in [0.1, 0.15) is 0 Å². The van der Waals surface area contributed by atoms with Gasteiger partial charge in [-0.25, -0.2) is 4.39 Å². The van der Waals surface area contributed by atoms with Gasteiger partial charge in [-0.1, -0.05) is 18.2 Å². The Morgan fingerprint density at radius 3 is 2.57 bits per heavy atom. The first-order chi connectivity index (χ1) is 9.90. The van der Waals surface area contributed by atoms with Crippen molar-refractivity contribution in [3.05, 3.63) is 63.5 Å². The molecule has 0 fully saturated rings. The van der Waals surface area contributed by atoms with E-state index < -0.39 is 16.8 Å². The van der Waals surface area contributed by atoms with Crippen molar-refractivity contribution in [1.82, 2.24) is 0 Å². The van der Waals surface area contributed by atoms with Gasteiger partial charge in [0, 0.05) is 5.56 Å². The Kier molecular flexibility index (Phi) is 4.18. The Balaban J connectivity index is 2.39. The van der Waals surface area contributed by atoms with Crippen molar-refractivity contribution >= 4 is 5.69 Å². The van der Waals surface area contributed by atoms with Crippen molar-refractivity contribution in [3.63, 3.8) is 0 Å². The Bertz CT molecular complexity index is 685. The summed E-state index contributed by atoms with van der Waals surface area (Å²) in [5, 5.41) is 20.4. The number of benzene rings is 2. The van der Waals surface area contributed by atoms with Gasteiger partial charge in [0.05, 0.1) is 11.0 Å². The van der Waals surface area contributed by atoms with Crippen molar-refractivity contribution in [3.8, 4) is 11.5 Å². The molecule has 0 saturated heterocycles. The monoisotopic (exact) mass is 291 g/mol. The predicted octanol–water partition coefficient (Wildman–Crippen LogP) is 3.89. The lowest BCUT2D eigenvalue weighted by Crippen LogP contribution is -1.98. The molecule has 0 bridgehead atoms. The van der Waals surface area contributed by atoms with Crippen molar-refractivity contribution in [2.75, 3.05) is 0 Å².